The highest BCUT2D eigenvalue weighted by Crippen LogP contribution is 2.19. The van der Waals surface area contributed by atoms with E-state index in [1.165, 1.54) is 5.56 Å². The Morgan fingerprint density at radius 3 is 2.52 bits per heavy atom. The van der Waals surface area contributed by atoms with Crippen molar-refractivity contribution in [3.63, 3.8) is 0 Å². The second-order valence-electron chi connectivity index (χ2n) is 6.57. The van der Waals surface area contributed by atoms with Crippen LogP contribution in [0, 0.1) is 12.8 Å². The van der Waals surface area contributed by atoms with Gasteiger partial charge in [-0.15, -0.1) is 0 Å². The molecule has 0 spiro atoms. The topological polar surface area (TPSA) is 38.8 Å². The number of hydrogen-bond acceptors (Lipinski definition) is 3. The first kappa shape index (κ1) is 17.3. The van der Waals surface area contributed by atoms with Gasteiger partial charge in [0.1, 0.15) is 11.5 Å². The van der Waals surface area contributed by atoms with E-state index in [9.17, 15) is 4.79 Å². The summed E-state index contributed by atoms with van der Waals surface area (Å²) in [4.78, 5) is 14.3. The van der Waals surface area contributed by atoms with Crippen molar-refractivity contribution in [3.05, 3.63) is 60.2 Å². The van der Waals surface area contributed by atoms with Crippen molar-refractivity contribution < 1.29 is 14.3 Å². The zero-order chi connectivity index (χ0) is 17.5. The molecule has 0 N–H and O–H groups in total. The van der Waals surface area contributed by atoms with E-state index in [0.29, 0.717) is 12.5 Å². The number of hydrogen-bond donors (Lipinski definition) is 0. The van der Waals surface area contributed by atoms with Crippen molar-refractivity contribution in [1.82, 2.24) is 4.90 Å². The Morgan fingerprint density at radius 1 is 1.04 bits per heavy atom. The Labute approximate surface area is 149 Å². The van der Waals surface area contributed by atoms with Crippen molar-refractivity contribution in [2.45, 2.75) is 19.8 Å². The Balaban J connectivity index is 1.45. The fourth-order valence-electron chi connectivity index (χ4n) is 3.03. The fourth-order valence-corrected chi connectivity index (χ4v) is 3.03. The summed E-state index contributed by atoms with van der Waals surface area (Å²) in [5.41, 5.74) is 1.18. The predicted octanol–water partition coefficient (Wildman–Crippen LogP) is 3.69. The molecule has 4 nitrogen and oxygen atoms in total. The molecule has 1 aliphatic heterocycles. The number of carbonyl (C=O) groups is 1. The molecular weight excluding hydrogens is 314 g/mol. The van der Waals surface area contributed by atoms with Crippen LogP contribution in [0.15, 0.2) is 54.6 Å². The second kappa shape index (κ2) is 8.56. The van der Waals surface area contributed by atoms with Crippen LogP contribution in [-0.4, -0.2) is 37.1 Å². The third-order valence-corrected chi connectivity index (χ3v) is 4.48. The molecule has 1 saturated heterocycles. The zero-order valence-electron chi connectivity index (χ0n) is 14.7. The first-order chi connectivity index (χ1) is 12.2. The predicted molar refractivity (Wildman–Crippen MR) is 97.9 cm³/mol. The van der Waals surface area contributed by atoms with Gasteiger partial charge in [0.05, 0.1) is 6.61 Å². The first-order valence-corrected chi connectivity index (χ1v) is 8.86. The van der Waals surface area contributed by atoms with Crippen LogP contribution in [0.3, 0.4) is 0 Å². The number of nitrogens with zero attached hydrogens (tertiary/aromatic N) is 1. The van der Waals surface area contributed by atoms with Crippen LogP contribution in [0.2, 0.25) is 0 Å². The molecule has 3 rings (SSSR count). The number of carbonyl (C=O) groups excluding carboxylic acids is 1. The van der Waals surface area contributed by atoms with Crippen LogP contribution < -0.4 is 9.47 Å². The largest absolute Gasteiger partial charge is 0.493 e. The van der Waals surface area contributed by atoms with Gasteiger partial charge in [-0.05, 0) is 44.0 Å². The highest BCUT2D eigenvalue weighted by molar-refractivity contribution is 5.77. The lowest BCUT2D eigenvalue weighted by Crippen LogP contribution is -2.43. The number of rotatable bonds is 6. The molecule has 132 valence electrons. The van der Waals surface area contributed by atoms with E-state index in [-0.39, 0.29) is 12.5 Å². The Hall–Kier alpha value is -2.49. The van der Waals surface area contributed by atoms with Gasteiger partial charge in [0.15, 0.2) is 6.61 Å². The molecule has 1 unspecified atom stereocenters. The van der Waals surface area contributed by atoms with E-state index in [0.717, 1.165) is 37.4 Å². The normalized spacial score (nSPS) is 17.2. The molecule has 1 atom stereocenters. The van der Waals surface area contributed by atoms with Gasteiger partial charge in [-0.25, -0.2) is 0 Å². The van der Waals surface area contributed by atoms with Gasteiger partial charge in [-0.2, -0.15) is 0 Å². The van der Waals surface area contributed by atoms with Crippen LogP contribution in [0.1, 0.15) is 18.4 Å². The van der Waals surface area contributed by atoms with Crippen LogP contribution >= 0.6 is 0 Å². The number of benzene rings is 2. The Bertz CT molecular complexity index is 669. The third kappa shape index (κ3) is 5.24. The average molecular weight is 339 g/mol. The number of amides is 1. The summed E-state index contributed by atoms with van der Waals surface area (Å²) in [6.45, 7) is 4.31. The molecule has 2 aromatic rings. The van der Waals surface area contributed by atoms with Crippen molar-refractivity contribution in [3.8, 4) is 11.5 Å². The zero-order valence-corrected chi connectivity index (χ0v) is 14.7. The molecule has 0 aliphatic carbocycles. The van der Waals surface area contributed by atoms with Crippen molar-refractivity contribution >= 4 is 5.91 Å². The van der Waals surface area contributed by atoms with E-state index in [1.807, 2.05) is 66.4 Å². The molecule has 0 aromatic heterocycles. The van der Waals surface area contributed by atoms with E-state index in [4.69, 9.17) is 9.47 Å². The maximum atomic E-state index is 12.4. The lowest BCUT2D eigenvalue weighted by Gasteiger charge is -2.32. The summed E-state index contributed by atoms with van der Waals surface area (Å²) >= 11 is 0. The summed E-state index contributed by atoms with van der Waals surface area (Å²) in [5, 5.41) is 0. The Morgan fingerprint density at radius 2 is 1.76 bits per heavy atom. The number of aryl methyl sites for hydroxylation is 1. The van der Waals surface area contributed by atoms with Crippen LogP contribution in [0.4, 0.5) is 0 Å². The summed E-state index contributed by atoms with van der Waals surface area (Å²) in [7, 11) is 0. The molecular formula is C21H25NO3. The molecule has 0 radical (unpaired) electrons. The molecule has 0 saturated carbocycles. The molecule has 4 heteroatoms. The summed E-state index contributed by atoms with van der Waals surface area (Å²) in [5.74, 6) is 2.04. The monoisotopic (exact) mass is 339 g/mol. The van der Waals surface area contributed by atoms with Crippen molar-refractivity contribution in [2.75, 3.05) is 26.3 Å². The minimum absolute atomic E-state index is 0.0463. The quantitative estimate of drug-likeness (QED) is 0.806. The fraction of sp³-hybridized carbons (Fsp3) is 0.381. The van der Waals surface area contributed by atoms with Gasteiger partial charge in [0.2, 0.25) is 0 Å². The number of likely N-dealkylation sites (tertiary alicyclic amines) is 1. The molecule has 1 fully saturated rings. The third-order valence-electron chi connectivity index (χ3n) is 4.48. The standard InChI is InChI=1S/C21H25NO3/c1-17-9-11-20(12-10-17)25-16-21(23)22-13-5-6-18(14-22)15-24-19-7-3-2-4-8-19/h2-4,7-12,18H,5-6,13-16H2,1H3. The first-order valence-electron chi connectivity index (χ1n) is 8.86. The van der Waals surface area contributed by atoms with Gasteiger partial charge in [-0.1, -0.05) is 35.9 Å². The van der Waals surface area contributed by atoms with Crippen LogP contribution in [0.5, 0.6) is 11.5 Å². The minimum Gasteiger partial charge on any atom is -0.493 e. The van der Waals surface area contributed by atoms with Crippen molar-refractivity contribution in [2.24, 2.45) is 5.92 Å². The molecule has 1 amide bonds. The summed E-state index contributed by atoms with van der Waals surface area (Å²) in [6, 6.07) is 17.6. The van der Waals surface area contributed by atoms with Crippen molar-refractivity contribution in [1.29, 1.82) is 0 Å². The van der Waals surface area contributed by atoms with Crippen LogP contribution in [-0.2, 0) is 4.79 Å². The number of para-hydroxylation sites is 1. The molecule has 1 heterocycles. The maximum Gasteiger partial charge on any atom is 0.260 e. The van der Waals surface area contributed by atoms with Gasteiger partial charge in [0.25, 0.3) is 5.91 Å². The highest BCUT2D eigenvalue weighted by atomic mass is 16.5. The lowest BCUT2D eigenvalue weighted by atomic mass is 9.99. The SMILES string of the molecule is Cc1ccc(OCC(=O)N2CCCC(COc3ccccc3)C2)cc1. The number of piperidine rings is 1. The Kier molecular flexibility index (Phi) is 5.94. The average Bonchev–Trinajstić information content (AvgIpc) is 2.67. The van der Waals surface area contributed by atoms with E-state index >= 15 is 0 Å². The minimum atomic E-state index is 0.0463. The second-order valence-corrected chi connectivity index (χ2v) is 6.57. The van der Waals surface area contributed by atoms with Crippen LogP contribution in [0.25, 0.3) is 0 Å². The molecule has 1 aliphatic rings. The molecule has 25 heavy (non-hydrogen) atoms. The highest BCUT2D eigenvalue weighted by Gasteiger charge is 2.24. The van der Waals surface area contributed by atoms with Gasteiger partial charge >= 0.3 is 0 Å². The van der Waals surface area contributed by atoms with E-state index in [1.54, 1.807) is 0 Å². The molecule has 0 bridgehead atoms. The number of ether oxygens (including phenoxy) is 2. The lowest BCUT2D eigenvalue weighted by molar-refractivity contribution is -0.135. The van der Waals surface area contributed by atoms with E-state index in [2.05, 4.69) is 0 Å². The smallest absolute Gasteiger partial charge is 0.260 e. The van der Waals surface area contributed by atoms with Gasteiger partial charge < -0.3 is 14.4 Å². The van der Waals surface area contributed by atoms with Gasteiger partial charge in [-0.3, -0.25) is 4.79 Å². The summed E-state index contributed by atoms with van der Waals surface area (Å²) in [6.07, 6.45) is 2.11. The van der Waals surface area contributed by atoms with E-state index < -0.39 is 0 Å². The maximum absolute atomic E-state index is 12.4. The summed E-state index contributed by atoms with van der Waals surface area (Å²) < 4.78 is 11.5. The van der Waals surface area contributed by atoms with Gasteiger partial charge in [0, 0.05) is 19.0 Å². The molecule has 2 aromatic carbocycles.